The van der Waals surface area contributed by atoms with Gasteiger partial charge in [0.25, 0.3) is 6.26 Å². The van der Waals surface area contributed by atoms with Crippen molar-refractivity contribution in [2.24, 2.45) is 0 Å². The summed E-state index contributed by atoms with van der Waals surface area (Å²) in [5.74, 6) is 0.218. The molecule has 0 amide bonds. The Morgan fingerprint density at radius 1 is 1.60 bits per heavy atom. The first-order chi connectivity index (χ1) is 4.83. The molecule has 0 saturated heterocycles. The molecular formula is C6H3ClN2O. The quantitative estimate of drug-likeness (QED) is 0.456. The summed E-state index contributed by atoms with van der Waals surface area (Å²) in [4.78, 5) is 3.68. The SMILES string of the molecule is N#COc1cccc(Cl)n1. The third-order valence-corrected chi connectivity index (χ3v) is 1.05. The molecule has 0 aliphatic rings. The molecule has 3 nitrogen and oxygen atoms in total. The van der Waals surface area contributed by atoms with E-state index in [2.05, 4.69) is 9.72 Å². The lowest BCUT2D eigenvalue weighted by Gasteiger charge is -1.92. The molecule has 1 aromatic rings. The topological polar surface area (TPSA) is 45.9 Å². The van der Waals surface area contributed by atoms with Gasteiger partial charge in [-0.15, -0.1) is 5.26 Å². The van der Waals surface area contributed by atoms with Crippen LogP contribution in [0.15, 0.2) is 18.2 Å². The van der Waals surface area contributed by atoms with Crippen LogP contribution in [0, 0.1) is 11.5 Å². The lowest BCUT2D eigenvalue weighted by Crippen LogP contribution is -1.84. The van der Waals surface area contributed by atoms with Crippen molar-refractivity contribution in [1.82, 2.24) is 4.98 Å². The predicted molar refractivity (Wildman–Crippen MR) is 35.5 cm³/mol. The highest BCUT2D eigenvalue weighted by atomic mass is 35.5. The average molecular weight is 155 g/mol. The molecule has 0 aliphatic carbocycles. The Balaban J connectivity index is 2.87. The molecule has 0 saturated carbocycles. The largest absolute Gasteiger partial charge is 0.367 e. The number of nitrogens with zero attached hydrogens (tertiary/aromatic N) is 2. The molecule has 1 heterocycles. The molecule has 1 aromatic heterocycles. The number of aromatic nitrogens is 1. The van der Waals surface area contributed by atoms with Crippen LogP contribution in [0.1, 0.15) is 0 Å². The highest BCUT2D eigenvalue weighted by Crippen LogP contribution is 2.10. The van der Waals surface area contributed by atoms with E-state index in [1.807, 2.05) is 0 Å². The van der Waals surface area contributed by atoms with E-state index in [-0.39, 0.29) is 5.88 Å². The van der Waals surface area contributed by atoms with E-state index in [1.165, 1.54) is 6.26 Å². The van der Waals surface area contributed by atoms with Gasteiger partial charge in [0.2, 0.25) is 5.88 Å². The average Bonchev–Trinajstić information content (AvgIpc) is 1.88. The Kier molecular flexibility index (Phi) is 2.08. The van der Waals surface area contributed by atoms with E-state index in [0.717, 1.165) is 0 Å². The van der Waals surface area contributed by atoms with Crippen molar-refractivity contribution in [3.63, 3.8) is 0 Å². The van der Waals surface area contributed by atoms with Crippen molar-refractivity contribution >= 4 is 11.6 Å². The van der Waals surface area contributed by atoms with Crippen LogP contribution in [0.3, 0.4) is 0 Å². The van der Waals surface area contributed by atoms with E-state index in [9.17, 15) is 0 Å². The van der Waals surface area contributed by atoms with Gasteiger partial charge in [0.15, 0.2) is 0 Å². The summed E-state index contributed by atoms with van der Waals surface area (Å²) in [5.41, 5.74) is 0. The second-order valence-electron chi connectivity index (χ2n) is 1.49. The Bertz CT molecular complexity index is 269. The van der Waals surface area contributed by atoms with E-state index in [1.54, 1.807) is 18.2 Å². The molecular weight excluding hydrogens is 152 g/mol. The van der Waals surface area contributed by atoms with Crippen LogP contribution >= 0.6 is 11.6 Å². The fraction of sp³-hybridized carbons (Fsp3) is 0. The summed E-state index contributed by atoms with van der Waals surface area (Å²) in [6.07, 6.45) is 1.49. The summed E-state index contributed by atoms with van der Waals surface area (Å²) in [7, 11) is 0. The molecule has 0 aliphatic heterocycles. The van der Waals surface area contributed by atoms with Crippen LogP contribution in [0.2, 0.25) is 5.15 Å². The molecule has 0 aromatic carbocycles. The Hall–Kier alpha value is -1.27. The highest BCUT2D eigenvalue weighted by molar-refractivity contribution is 6.29. The van der Waals surface area contributed by atoms with Crippen LogP contribution in [0.4, 0.5) is 0 Å². The highest BCUT2D eigenvalue weighted by Gasteiger charge is 1.93. The van der Waals surface area contributed by atoms with Crippen molar-refractivity contribution in [3.8, 4) is 12.1 Å². The van der Waals surface area contributed by atoms with Gasteiger partial charge in [0.1, 0.15) is 5.15 Å². The lowest BCUT2D eigenvalue weighted by atomic mass is 10.5. The van der Waals surface area contributed by atoms with Gasteiger partial charge in [-0.1, -0.05) is 17.7 Å². The summed E-state index contributed by atoms with van der Waals surface area (Å²) >= 11 is 5.48. The maximum atomic E-state index is 8.06. The van der Waals surface area contributed by atoms with E-state index >= 15 is 0 Å². The van der Waals surface area contributed by atoms with Crippen molar-refractivity contribution in [2.45, 2.75) is 0 Å². The number of nitriles is 1. The zero-order chi connectivity index (χ0) is 7.40. The summed E-state index contributed by atoms with van der Waals surface area (Å²) < 4.78 is 4.40. The first-order valence-corrected chi connectivity index (χ1v) is 2.89. The first-order valence-electron chi connectivity index (χ1n) is 2.51. The fourth-order valence-corrected chi connectivity index (χ4v) is 0.649. The molecule has 1 rings (SSSR count). The van der Waals surface area contributed by atoms with Crippen LogP contribution in [-0.2, 0) is 0 Å². The van der Waals surface area contributed by atoms with Crippen LogP contribution in [-0.4, -0.2) is 4.98 Å². The standard InChI is InChI=1S/C6H3ClN2O/c7-5-2-1-3-6(9-5)10-4-8/h1-3H. The van der Waals surface area contributed by atoms with Crippen molar-refractivity contribution in [1.29, 1.82) is 5.26 Å². The predicted octanol–water partition coefficient (Wildman–Crippen LogP) is 1.59. The fourth-order valence-electron chi connectivity index (χ4n) is 0.493. The molecule has 4 heteroatoms. The van der Waals surface area contributed by atoms with Crippen molar-refractivity contribution in [2.75, 3.05) is 0 Å². The monoisotopic (exact) mass is 154 g/mol. The van der Waals surface area contributed by atoms with Gasteiger partial charge in [-0.25, -0.2) is 4.98 Å². The minimum absolute atomic E-state index is 0.218. The molecule has 0 unspecified atom stereocenters. The zero-order valence-corrected chi connectivity index (χ0v) is 5.67. The van der Waals surface area contributed by atoms with E-state index in [4.69, 9.17) is 16.9 Å². The van der Waals surface area contributed by atoms with Gasteiger partial charge in [0, 0.05) is 6.07 Å². The summed E-state index contributed by atoms with van der Waals surface area (Å²) in [6, 6.07) is 4.81. The van der Waals surface area contributed by atoms with Crippen LogP contribution in [0.25, 0.3) is 0 Å². The molecule has 0 radical (unpaired) electrons. The lowest BCUT2D eigenvalue weighted by molar-refractivity contribution is 0.486. The van der Waals surface area contributed by atoms with Crippen molar-refractivity contribution in [3.05, 3.63) is 23.4 Å². The van der Waals surface area contributed by atoms with Gasteiger partial charge >= 0.3 is 0 Å². The van der Waals surface area contributed by atoms with Crippen LogP contribution < -0.4 is 4.74 Å². The molecule has 0 spiro atoms. The number of rotatable bonds is 1. The Morgan fingerprint density at radius 3 is 3.00 bits per heavy atom. The van der Waals surface area contributed by atoms with Gasteiger partial charge in [-0.2, -0.15) is 0 Å². The van der Waals surface area contributed by atoms with Crippen LogP contribution in [0.5, 0.6) is 5.88 Å². The number of ether oxygens (including phenoxy) is 1. The van der Waals surface area contributed by atoms with Gasteiger partial charge in [-0.3, -0.25) is 0 Å². The number of halogens is 1. The number of hydrogen-bond donors (Lipinski definition) is 0. The molecule has 0 fully saturated rings. The Morgan fingerprint density at radius 2 is 2.40 bits per heavy atom. The third-order valence-electron chi connectivity index (χ3n) is 0.840. The molecule has 10 heavy (non-hydrogen) atoms. The summed E-state index contributed by atoms with van der Waals surface area (Å²) in [5, 5.41) is 8.37. The number of pyridine rings is 1. The second kappa shape index (κ2) is 3.04. The van der Waals surface area contributed by atoms with Crippen molar-refractivity contribution < 1.29 is 4.74 Å². The number of hydrogen-bond acceptors (Lipinski definition) is 3. The summed E-state index contributed by atoms with van der Waals surface area (Å²) in [6.45, 7) is 0. The normalized spacial score (nSPS) is 8.40. The molecule has 0 bridgehead atoms. The van der Waals surface area contributed by atoms with E-state index in [0.29, 0.717) is 5.15 Å². The maximum absolute atomic E-state index is 8.06. The van der Waals surface area contributed by atoms with E-state index < -0.39 is 0 Å². The maximum Gasteiger partial charge on any atom is 0.293 e. The minimum atomic E-state index is 0.218. The smallest absolute Gasteiger partial charge is 0.293 e. The molecule has 0 atom stereocenters. The van der Waals surface area contributed by atoms with Gasteiger partial charge < -0.3 is 4.74 Å². The van der Waals surface area contributed by atoms with Gasteiger partial charge in [-0.05, 0) is 6.07 Å². The molecule has 0 N–H and O–H groups in total. The third kappa shape index (κ3) is 1.61. The second-order valence-corrected chi connectivity index (χ2v) is 1.88. The first kappa shape index (κ1) is 6.84. The van der Waals surface area contributed by atoms with Gasteiger partial charge in [0.05, 0.1) is 0 Å². The molecule has 50 valence electrons. The minimum Gasteiger partial charge on any atom is -0.367 e. The zero-order valence-electron chi connectivity index (χ0n) is 4.91. The Labute approximate surface area is 62.8 Å².